The van der Waals surface area contributed by atoms with Crippen molar-refractivity contribution >= 4 is 0 Å². The summed E-state index contributed by atoms with van der Waals surface area (Å²) in [6, 6.07) is 8.11. The second kappa shape index (κ2) is 4.82. The molecule has 3 rings (SSSR count). The molecule has 2 fully saturated rings. The monoisotopic (exact) mass is 260 g/mol. The minimum Gasteiger partial charge on any atom is -0.490 e. The van der Waals surface area contributed by atoms with Crippen molar-refractivity contribution in [2.24, 2.45) is 11.8 Å². The SMILES string of the molecule is CC1CCC(O)(c2ccc(OC3CC3)cc2)C(C)C1. The summed E-state index contributed by atoms with van der Waals surface area (Å²) in [6.07, 6.45) is 5.89. The van der Waals surface area contributed by atoms with Crippen LogP contribution < -0.4 is 4.74 Å². The lowest BCUT2D eigenvalue weighted by Crippen LogP contribution is -2.38. The van der Waals surface area contributed by atoms with E-state index in [1.54, 1.807) is 0 Å². The van der Waals surface area contributed by atoms with Gasteiger partial charge in [0.05, 0.1) is 11.7 Å². The second-order valence-corrected chi connectivity index (χ2v) is 6.55. The van der Waals surface area contributed by atoms with Gasteiger partial charge in [0.1, 0.15) is 5.75 Å². The molecule has 0 amide bonds. The first-order valence-electron chi connectivity index (χ1n) is 7.57. The smallest absolute Gasteiger partial charge is 0.119 e. The molecule has 2 aliphatic rings. The van der Waals surface area contributed by atoms with Crippen LogP contribution in [0.3, 0.4) is 0 Å². The molecule has 0 aromatic heterocycles. The average molecular weight is 260 g/mol. The van der Waals surface area contributed by atoms with Gasteiger partial charge in [-0.25, -0.2) is 0 Å². The van der Waals surface area contributed by atoms with Crippen LogP contribution in [-0.2, 0) is 5.60 Å². The maximum absolute atomic E-state index is 11.0. The van der Waals surface area contributed by atoms with E-state index in [4.69, 9.17) is 4.74 Å². The van der Waals surface area contributed by atoms with E-state index in [1.807, 2.05) is 24.3 Å². The highest BCUT2D eigenvalue weighted by molar-refractivity contribution is 5.32. The zero-order chi connectivity index (χ0) is 13.5. The first kappa shape index (κ1) is 13.0. The molecule has 2 nitrogen and oxygen atoms in total. The van der Waals surface area contributed by atoms with E-state index in [1.165, 1.54) is 12.8 Å². The van der Waals surface area contributed by atoms with E-state index < -0.39 is 5.60 Å². The summed E-state index contributed by atoms with van der Waals surface area (Å²) in [5.74, 6) is 1.99. The molecule has 19 heavy (non-hydrogen) atoms. The number of hydrogen-bond acceptors (Lipinski definition) is 2. The highest BCUT2D eigenvalue weighted by atomic mass is 16.5. The molecule has 0 bridgehead atoms. The van der Waals surface area contributed by atoms with E-state index in [0.29, 0.717) is 12.0 Å². The lowest BCUT2D eigenvalue weighted by molar-refractivity contribution is -0.0588. The van der Waals surface area contributed by atoms with E-state index in [2.05, 4.69) is 13.8 Å². The highest BCUT2D eigenvalue weighted by Crippen LogP contribution is 2.43. The minimum atomic E-state index is -0.648. The molecule has 3 atom stereocenters. The Hall–Kier alpha value is -1.02. The molecule has 3 unspecified atom stereocenters. The molecule has 0 spiro atoms. The van der Waals surface area contributed by atoms with Crippen molar-refractivity contribution in [3.05, 3.63) is 29.8 Å². The van der Waals surface area contributed by atoms with Crippen LogP contribution in [0.25, 0.3) is 0 Å². The van der Waals surface area contributed by atoms with Gasteiger partial charge in [0.15, 0.2) is 0 Å². The van der Waals surface area contributed by atoms with Crippen LogP contribution in [-0.4, -0.2) is 11.2 Å². The molecule has 0 aliphatic heterocycles. The Labute approximate surface area is 115 Å². The van der Waals surface area contributed by atoms with Gasteiger partial charge < -0.3 is 9.84 Å². The first-order valence-corrected chi connectivity index (χ1v) is 7.57. The molecular formula is C17H24O2. The standard InChI is InChI=1S/C17H24O2/c1-12-9-10-17(18,13(2)11-12)14-3-5-15(6-4-14)19-16-7-8-16/h3-6,12-13,16,18H,7-11H2,1-2H3. The van der Waals surface area contributed by atoms with Crippen molar-refractivity contribution in [1.82, 2.24) is 0 Å². The molecule has 2 heteroatoms. The molecule has 0 heterocycles. The van der Waals surface area contributed by atoms with Crippen molar-refractivity contribution in [3.63, 3.8) is 0 Å². The van der Waals surface area contributed by atoms with Gasteiger partial charge in [-0.1, -0.05) is 26.0 Å². The zero-order valence-electron chi connectivity index (χ0n) is 11.9. The predicted octanol–water partition coefficient (Wildman–Crippen LogP) is 3.87. The summed E-state index contributed by atoms with van der Waals surface area (Å²) in [6.45, 7) is 4.45. The van der Waals surface area contributed by atoms with Crippen molar-refractivity contribution in [1.29, 1.82) is 0 Å². The third-order valence-corrected chi connectivity index (χ3v) is 4.77. The molecule has 1 N–H and O–H groups in total. The van der Waals surface area contributed by atoms with Crippen molar-refractivity contribution in [2.75, 3.05) is 0 Å². The first-order chi connectivity index (χ1) is 9.08. The maximum Gasteiger partial charge on any atom is 0.119 e. The molecule has 2 aliphatic carbocycles. The summed E-state index contributed by atoms with van der Waals surface area (Å²) in [5, 5.41) is 11.0. The molecular weight excluding hydrogens is 236 g/mol. The summed E-state index contributed by atoms with van der Waals surface area (Å²) >= 11 is 0. The second-order valence-electron chi connectivity index (χ2n) is 6.55. The van der Waals surface area contributed by atoms with E-state index in [-0.39, 0.29) is 0 Å². The number of benzene rings is 1. The van der Waals surface area contributed by atoms with Crippen molar-refractivity contribution in [2.45, 2.75) is 57.7 Å². The molecule has 1 aromatic carbocycles. The number of aliphatic hydroxyl groups is 1. The fourth-order valence-electron chi connectivity index (χ4n) is 3.26. The lowest BCUT2D eigenvalue weighted by atomic mass is 9.69. The largest absolute Gasteiger partial charge is 0.490 e. The number of hydrogen-bond donors (Lipinski definition) is 1. The van der Waals surface area contributed by atoms with Crippen LogP contribution in [0.2, 0.25) is 0 Å². The predicted molar refractivity (Wildman–Crippen MR) is 76.2 cm³/mol. The van der Waals surface area contributed by atoms with Gasteiger partial charge in [0.2, 0.25) is 0 Å². The highest BCUT2D eigenvalue weighted by Gasteiger charge is 2.39. The quantitative estimate of drug-likeness (QED) is 0.894. The number of rotatable bonds is 3. The van der Waals surface area contributed by atoms with Crippen LogP contribution in [0.1, 0.15) is 51.5 Å². The molecule has 2 saturated carbocycles. The Morgan fingerprint density at radius 1 is 1.11 bits per heavy atom. The van der Waals surface area contributed by atoms with Crippen LogP contribution in [0.5, 0.6) is 5.75 Å². The normalized spacial score (nSPS) is 35.1. The van der Waals surface area contributed by atoms with Gasteiger partial charge in [-0.3, -0.25) is 0 Å². The van der Waals surface area contributed by atoms with Gasteiger partial charge in [-0.15, -0.1) is 0 Å². The van der Waals surface area contributed by atoms with Crippen LogP contribution >= 0.6 is 0 Å². The Bertz CT molecular complexity index is 435. The Kier molecular flexibility index (Phi) is 3.30. The zero-order valence-corrected chi connectivity index (χ0v) is 11.9. The molecule has 1 aromatic rings. The molecule has 0 radical (unpaired) electrons. The van der Waals surface area contributed by atoms with Crippen LogP contribution in [0.15, 0.2) is 24.3 Å². The minimum absolute atomic E-state index is 0.325. The van der Waals surface area contributed by atoms with Gasteiger partial charge in [0, 0.05) is 0 Å². The Morgan fingerprint density at radius 2 is 1.79 bits per heavy atom. The van der Waals surface area contributed by atoms with Crippen LogP contribution in [0, 0.1) is 11.8 Å². The van der Waals surface area contributed by atoms with Crippen molar-refractivity contribution in [3.8, 4) is 5.75 Å². The van der Waals surface area contributed by atoms with Crippen molar-refractivity contribution < 1.29 is 9.84 Å². The third kappa shape index (κ3) is 2.64. The number of ether oxygens (including phenoxy) is 1. The topological polar surface area (TPSA) is 29.5 Å². The maximum atomic E-state index is 11.0. The summed E-state index contributed by atoms with van der Waals surface area (Å²) in [7, 11) is 0. The summed E-state index contributed by atoms with van der Waals surface area (Å²) in [5.41, 5.74) is 0.403. The Balaban J connectivity index is 1.76. The summed E-state index contributed by atoms with van der Waals surface area (Å²) in [4.78, 5) is 0. The van der Waals surface area contributed by atoms with E-state index in [9.17, 15) is 5.11 Å². The van der Waals surface area contributed by atoms with Crippen LogP contribution in [0.4, 0.5) is 0 Å². The summed E-state index contributed by atoms with van der Waals surface area (Å²) < 4.78 is 5.76. The van der Waals surface area contributed by atoms with Gasteiger partial charge in [0.25, 0.3) is 0 Å². The van der Waals surface area contributed by atoms with Gasteiger partial charge >= 0.3 is 0 Å². The van der Waals surface area contributed by atoms with Gasteiger partial charge in [-0.05, 0) is 61.6 Å². The third-order valence-electron chi connectivity index (χ3n) is 4.77. The lowest BCUT2D eigenvalue weighted by Gasteiger charge is -2.41. The van der Waals surface area contributed by atoms with E-state index in [0.717, 1.165) is 36.5 Å². The molecule has 104 valence electrons. The fourth-order valence-corrected chi connectivity index (χ4v) is 3.26. The molecule has 0 saturated heterocycles. The fraction of sp³-hybridized carbons (Fsp3) is 0.647. The average Bonchev–Trinajstić information content (AvgIpc) is 3.19. The van der Waals surface area contributed by atoms with Gasteiger partial charge in [-0.2, -0.15) is 0 Å². The van der Waals surface area contributed by atoms with E-state index >= 15 is 0 Å². The Morgan fingerprint density at radius 3 is 2.37 bits per heavy atom.